The third-order valence-electron chi connectivity index (χ3n) is 5.01. The zero-order chi connectivity index (χ0) is 17.4. The van der Waals surface area contributed by atoms with Crippen LogP contribution in [0.25, 0.3) is 11.0 Å². The number of ether oxygens (including phenoxy) is 1. The number of amides is 1. The van der Waals surface area contributed by atoms with E-state index < -0.39 is 0 Å². The number of aromatic nitrogens is 3. The van der Waals surface area contributed by atoms with Gasteiger partial charge < -0.3 is 9.64 Å². The van der Waals surface area contributed by atoms with Gasteiger partial charge in [0.05, 0.1) is 24.9 Å². The van der Waals surface area contributed by atoms with E-state index in [4.69, 9.17) is 9.72 Å². The van der Waals surface area contributed by atoms with Crippen LogP contribution in [0.2, 0.25) is 0 Å². The van der Waals surface area contributed by atoms with Gasteiger partial charge in [-0.05, 0) is 45.2 Å². The Labute approximate surface area is 142 Å². The second-order valence-electron chi connectivity index (χ2n) is 6.72. The minimum absolute atomic E-state index is 0.162. The molecule has 0 aromatic carbocycles. The Morgan fingerprint density at radius 3 is 2.75 bits per heavy atom. The van der Waals surface area contributed by atoms with E-state index in [0.717, 1.165) is 28.8 Å². The van der Waals surface area contributed by atoms with E-state index in [1.165, 1.54) is 11.1 Å². The van der Waals surface area contributed by atoms with Crippen molar-refractivity contribution in [2.45, 2.75) is 46.6 Å². The molecule has 1 aliphatic rings. The van der Waals surface area contributed by atoms with Gasteiger partial charge in [0.25, 0.3) is 0 Å². The van der Waals surface area contributed by atoms with Crippen molar-refractivity contribution >= 4 is 16.9 Å². The monoisotopic (exact) mass is 330 g/mol. The lowest BCUT2D eigenvalue weighted by atomic mass is 9.99. The molecule has 1 saturated heterocycles. The molecule has 1 unspecified atom stereocenters. The van der Waals surface area contributed by atoms with Gasteiger partial charge in [-0.2, -0.15) is 5.10 Å². The summed E-state index contributed by atoms with van der Waals surface area (Å²) in [4.78, 5) is 19.2. The van der Waals surface area contributed by atoms with Gasteiger partial charge in [0.1, 0.15) is 0 Å². The Hall–Kier alpha value is -1.95. The maximum Gasteiger partial charge on any atom is 0.223 e. The molecule has 0 N–H and O–H groups in total. The van der Waals surface area contributed by atoms with Crippen molar-refractivity contribution in [2.75, 3.05) is 19.8 Å². The molecule has 2 aromatic heterocycles. The number of aryl methyl sites for hydroxylation is 4. The Morgan fingerprint density at radius 2 is 2.04 bits per heavy atom. The van der Waals surface area contributed by atoms with Gasteiger partial charge in [-0.15, -0.1) is 0 Å². The average molecular weight is 330 g/mol. The topological polar surface area (TPSA) is 60.2 Å². The number of pyridine rings is 1. The highest BCUT2D eigenvalue weighted by Gasteiger charge is 2.24. The number of carbonyl (C=O) groups excluding carboxylic acids is 1. The standard InChI is InChI=1S/C18H26N4O2/c1-11-10-24-9-8-22(11)16(23)7-6-15-12(2)17-14(4)20-21(5)18(17)19-13(15)3/h11H,6-10H2,1-5H3. The van der Waals surface area contributed by atoms with E-state index in [1.54, 1.807) is 0 Å². The smallest absolute Gasteiger partial charge is 0.223 e. The molecule has 24 heavy (non-hydrogen) atoms. The van der Waals surface area contributed by atoms with E-state index in [0.29, 0.717) is 26.2 Å². The fourth-order valence-corrected chi connectivity index (χ4v) is 3.70. The molecular formula is C18H26N4O2. The van der Waals surface area contributed by atoms with Crippen LogP contribution >= 0.6 is 0 Å². The van der Waals surface area contributed by atoms with Crippen LogP contribution in [0.1, 0.15) is 35.9 Å². The predicted molar refractivity (Wildman–Crippen MR) is 93.0 cm³/mol. The van der Waals surface area contributed by atoms with E-state index in [2.05, 4.69) is 12.0 Å². The normalized spacial score (nSPS) is 18.4. The van der Waals surface area contributed by atoms with E-state index in [1.807, 2.05) is 37.4 Å². The molecule has 1 atom stereocenters. The van der Waals surface area contributed by atoms with E-state index in [-0.39, 0.29) is 11.9 Å². The Balaban J connectivity index is 1.82. The number of fused-ring (bicyclic) bond motifs is 1. The zero-order valence-corrected chi connectivity index (χ0v) is 15.2. The fraction of sp³-hybridized carbons (Fsp3) is 0.611. The Bertz CT molecular complexity index is 781. The largest absolute Gasteiger partial charge is 0.377 e. The van der Waals surface area contributed by atoms with Crippen LogP contribution in [0.3, 0.4) is 0 Å². The summed E-state index contributed by atoms with van der Waals surface area (Å²) in [6.45, 7) is 10.1. The first-order chi connectivity index (χ1) is 11.4. The maximum atomic E-state index is 12.6. The molecule has 1 aliphatic heterocycles. The molecular weight excluding hydrogens is 304 g/mol. The third kappa shape index (κ3) is 2.90. The molecule has 0 bridgehead atoms. The summed E-state index contributed by atoms with van der Waals surface area (Å²) >= 11 is 0. The minimum atomic E-state index is 0.162. The van der Waals surface area contributed by atoms with E-state index in [9.17, 15) is 4.79 Å². The molecule has 130 valence electrons. The molecule has 6 heteroatoms. The quantitative estimate of drug-likeness (QED) is 0.864. The summed E-state index contributed by atoms with van der Waals surface area (Å²) in [6, 6.07) is 0.162. The lowest BCUT2D eigenvalue weighted by molar-refractivity contribution is -0.139. The van der Waals surface area contributed by atoms with Crippen molar-refractivity contribution in [3.05, 3.63) is 22.5 Å². The summed E-state index contributed by atoms with van der Waals surface area (Å²) in [6.07, 6.45) is 1.23. The number of carbonyl (C=O) groups is 1. The highest BCUT2D eigenvalue weighted by Crippen LogP contribution is 2.26. The van der Waals surface area contributed by atoms with Crippen LogP contribution in [-0.4, -0.2) is 51.4 Å². The van der Waals surface area contributed by atoms with Gasteiger partial charge in [-0.25, -0.2) is 4.98 Å². The molecule has 1 fully saturated rings. The second-order valence-corrected chi connectivity index (χ2v) is 6.72. The molecule has 1 amide bonds. The molecule has 6 nitrogen and oxygen atoms in total. The summed E-state index contributed by atoms with van der Waals surface area (Å²) in [5.74, 6) is 0.201. The first kappa shape index (κ1) is 16.9. The summed E-state index contributed by atoms with van der Waals surface area (Å²) < 4.78 is 7.24. The second kappa shape index (κ2) is 6.51. The number of hydrogen-bond donors (Lipinski definition) is 0. The molecule has 0 saturated carbocycles. The first-order valence-electron chi connectivity index (χ1n) is 8.56. The Morgan fingerprint density at radius 1 is 1.29 bits per heavy atom. The number of rotatable bonds is 3. The fourth-order valence-electron chi connectivity index (χ4n) is 3.70. The maximum absolute atomic E-state index is 12.6. The average Bonchev–Trinajstić information content (AvgIpc) is 2.81. The van der Waals surface area contributed by atoms with Crippen LogP contribution in [-0.2, 0) is 23.0 Å². The minimum Gasteiger partial charge on any atom is -0.377 e. The van der Waals surface area contributed by atoms with Crippen LogP contribution in [0.4, 0.5) is 0 Å². The summed E-state index contributed by atoms with van der Waals surface area (Å²) in [5.41, 5.74) is 5.27. The zero-order valence-electron chi connectivity index (χ0n) is 15.2. The summed E-state index contributed by atoms with van der Waals surface area (Å²) in [7, 11) is 1.92. The van der Waals surface area contributed by atoms with Crippen molar-refractivity contribution in [1.82, 2.24) is 19.7 Å². The molecule has 3 heterocycles. The first-order valence-corrected chi connectivity index (χ1v) is 8.56. The molecule has 2 aromatic rings. The van der Waals surface area contributed by atoms with Gasteiger partial charge in [-0.1, -0.05) is 0 Å². The third-order valence-corrected chi connectivity index (χ3v) is 5.01. The SMILES string of the molecule is Cc1nc2c(c(C)nn2C)c(C)c1CCC(=O)N1CCOCC1C. The van der Waals surface area contributed by atoms with Crippen molar-refractivity contribution in [2.24, 2.45) is 7.05 Å². The van der Waals surface area contributed by atoms with Gasteiger partial charge in [0.2, 0.25) is 5.91 Å². The van der Waals surface area contributed by atoms with Crippen molar-refractivity contribution in [3.63, 3.8) is 0 Å². The number of hydrogen-bond acceptors (Lipinski definition) is 4. The van der Waals surface area contributed by atoms with Crippen molar-refractivity contribution in [1.29, 1.82) is 0 Å². The van der Waals surface area contributed by atoms with Gasteiger partial charge in [-0.3, -0.25) is 9.48 Å². The lowest BCUT2D eigenvalue weighted by Crippen LogP contribution is -2.47. The molecule has 0 spiro atoms. The van der Waals surface area contributed by atoms with Crippen LogP contribution in [0.5, 0.6) is 0 Å². The van der Waals surface area contributed by atoms with Crippen LogP contribution in [0.15, 0.2) is 0 Å². The molecule has 0 radical (unpaired) electrons. The molecule has 3 rings (SSSR count). The van der Waals surface area contributed by atoms with E-state index >= 15 is 0 Å². The van der Waals surface area contributed by atoms with Crippen molar-refractivity contribution < 1.29 is 9.53 Å². The van der Waals surface area contributed by atoms with Gasteiger partial charge in [0, 0.05) is 31.1 Å². The molecule has 0 aliphatic carbocycles. The Kier molecular flexibility index (Phi) is 4.58. The highest BCUT2D eigenvalue weighted by atomic mass is 16.5. The summed E-state index contributed by atoms with van der Waals surface area (Å²) in [5, 5.41) is 5.59. The number of morpholine rings is 1. The van der Waals surface area contributed by atoms with Crippen molar-refractivity contribution in [3.8, 4) is 0 Å². The van der Waals surface area contributed by atoms with Crippen LogP contribution < -0.4 is 0 Å². The van der Waals surface area contributed by atoms with Gasteiger partial charge in [0.15, 0.2) is 5.65 Å². The highest BCUT2D eigenvalue weighted by molar-refractivity contribution is 5.84. The van der Waals surface area contributed by atoms with Crippen LogP contribution in [0, 0.1) is 20.8 Å². The lowest BCUT2D eigenvalue weighted by Gasteiger charge is -2.33. The predicted octanol–water partition coefficient (Wildman–Crippen LogP) is 2.07. The van der Waals surface area contributed by atoms with Gasteiger partial charge >= 0.3 is 0 Å². The number of nitrogens with zero attached hydrogens (tertiary/aromatic N) is 4.